The first-order valence-electron chi connectivity index (χ1n) is 6.56. The lowest BCUT2D eigenvalue weighted by Gasteiger charge is -2.24. The van der Waals surface area contributed by atoms with E-state index in [4.69, 9.17) is 4.74 Å². The van der Waals surface area contributed by atoms with E-state index in [0.29, 0.717) is 29.7 Å². The van der Waals surface area contributed by atoms with Gasteiger partial charge in [-0.15, -0.1) is 0 Å². The van der Waals surface area contributed by atoms with Gasteiger partial charge in [0.2, 0.25) is 0 Å². The van der Waals surface area contributed by atoms with Gasteiger partial charge in [0.25, 0.3) is 0 Å². The number of hydrogen-bond donors (Lipinski definition) is 0. The molecule has 0 aliphatic carbocycles. The van der Waals surface area contributed by atoms with Crippen molar-refractivity contribution < 1.29 is 18.3 Å². The smallest absolute Gasteiger partial charge is 0.328 e. The first-order valence-corrected chi connectivity index (χ1v) is 6.56. The fourth-order valence-corrected chi connectivity index (χ4v) is 2.67. The van der Waals surface area contributed by atoms with Crippen molar-refractivity contribution in [3.8, 4) is 0 Å². The molecule has 1 atom stereocenters. The average Bonchev–Trinajstić information content (AvgIpc) is 2.96. The number of anilines is 1. The van der Waals surface area contributed by atoms with Gasteiger partial charge in [0, 0.05) is 18.0 Å². The van der Waals surface area contributed by atoms with Crippen LogP contribution in [0.2, 0.25) is 0 Å². The summed E-state index contributed by atoms with van der Waals surface area (Å²) in [4.78, 5) is 21.7. The molecule has 7 heteroatoms. The number of fused-ring (bicyclic) bond motifs is 1. The minimum absolute atomic E-state index is 0.300. The molecule has 1 fully saturated rings. The molecule has 1 unspecified atom stereocenters. The van der Waals surface area contributed by atoms with Crippen LogP contribution in [0.15, 0.2) is 18.5 Å². The standard InChI is InChI=1S/C14H13F2N3O2/c1-21-14(20)12-3-2-4-19(12)13-8-5-9(15)10(16)6-11(8)17-7-18-13/h5-7,12H,2-4H2,1H3. The number of aromatic nitrogens is 2. The maximum atomic E-state index is 13.5. The number of carbonyl (C=O) groups excluding carboxylic acids is 1. The summed E-state index contributed by atoms with van der Waals surface area (Å²) in [6, 6.07) is 1.63. The van der Waals surface area contributed by atoms with Crippen molar-refractivity contribution in [1.29, 1.82) is 0 Å². The molecule has 1 aromatic carbocycles. The second kappa shape index (κ2) is 5.23. The van der Waals surface area contributed by atoms with Gasteiger partial charge in [-0.05, 0) is 18.9 Å². The summed E-state index contributed by atoms with van der Waals surface area (Å²) in [5, 5.41) is 0.382. The van der Waals surface area contributed by atoms with Crippen LogP contribution < -0.4 is 4.90 Å². The number of halogens is 2. The van der Waals surface area contributed by atoms with Crippen LogP contribution in [0.3, 0.4) is 0 Å². The van der Waals surface area contributed by atoms with Gasteiger partial charge in [0.1, 0.15) is 18.2 Å². The van der Waals surface area contributed by atoms with Crippen LogP contribution in [0.1, 0.15) is 12.8 Å². The number of nitrogens with zero attached hydrogens (tertiary/aromatic N) is 3. The molecule has 110 valence electrons. The van der Waals surface area contributed by atoms with Gasteiger partial charge in [-0.1, -0.05) is 0 Å². The molecule has 0 radical (unpaired) electrons. The molecule has 1 aromatic heterocycles. The maximum Gasteiger partial charge on any atom is 0.328 e. The number of hydrogen-bond acceptors (Lipinski definition) is 5. The second-order valence-corrected chi connectivity index (χ2v) is 4.86. The summed E-state index contributed by atoms with van der Waals surface area (Å²) in [6.45, 7) is 0.602. The molecule has 2 heterocycles. The molecule has 1 aliphatic rings. The van der Waals surface area contributed by atoms with Crippen molar-refractivity contribution in [2.75, 3.05) is 18.6 Å². The summed E-state index contributed by atoms with van der Waals surface area (Å²) in [5.41, 5.74) is 0.300. The third-order valence-electron chi connectivity index (χ3n) is 3.65. The lowest BCUT2D eigenvalue weighted by atomic mass is 10.2. The molecule has 1 aliphatic heterocycles. The average molecular weight is 293 g/mol. The van der Waals surface area contributed by atoms with E-state index in [1.54, 1.807) is 4.90 Å². The largest absolute Gasteiger partial charge is 0.467 e. The molecule has 1 saturated heterocycles. The van der Waals surface area contributed by atoms with Gasteiger partial charge in [-0.3, -0.25) is 0 Å². The van der Waals surface area contributed by atoms with Crippen molar-refractivity contribution in [1.82, 2.24) is 9.97 Å². The normalized spacial score (nSPS) is 18.2. The molecule has 5 nitrogen and oxygen atoms in total. The third kappa shape index (κ3) is 2.28. The minimum atomic E-state index is -0.965. The number of methoxy groups -OCH3 is 1. The number of rotatable bonds is 2. The Morgan fingerprint density at radius 2 is 2.10 bits per heavy atom. The second-order valence-electron chi connectivity index (χ2n) is 4.86. The highest BCUT2D eigenvalue weighted by Crippen LogP contribution is 2.30. The van der Waals surface area contributed by atoms with Crippen LogP contribution in [-0.2, 0) is 9.53 Å². The van der Waals surface area contributed by atoms with Gasteiger partial charge >= 0.3 is 5.97 Å². The molecule has 0 N–H and O–H groups in total. The van der Waals surface area contributed by atoms with Crippen LogP contribution >= 0.6 is 0 Å². The van der Waals surface area contributed by atoms with Crippen LogP contribution in [0.4, 0.5) is 14.6 Å². The zero-order chi connectivity index (χ0) is 15.0. The number of carbonyl (C=O) groups is 1. The van der Waals surface area contributed by atoms with Crippen molar-refractivity contribution in [2.24, 2.45) is 0 Å². The van der Waals surface area contributed by atoms with Crippen LogP contribution in [0.5, 0.6) is 0 Å². The van der Waals surface area contributed by atoms with E-state index in [9.17, 15) is 13.6 Å². The molecule has 0 bridgehead atoms. The number of esters is 1. The lowest BCUT2D eigenvalue weighted by Crippen LogP contribution is -2.37. The molecule has 0 saturated carbocycles. The Morgan fingerprint density at radius 3 is 2.86 bits per heavy atom. The summed E-state index contributed by atoms with van der Waals surface area (Å²) >= 11 is 0. The Bertz CT molecular complexity index is 708. The van der Waals surface area contributed by atoms with Gasteiger partial charge in [0.05, 0.1) is 12.6 Å². The van der Waals surface area contributed by atoms with E-state index in [1.807, 2.05) is 0 Å². The van der Waals surface area contributed by atoms with Gasteiger partial charge in [-0.25, -0.2) is 23.5 Å². The molecule has 0 spiro atoms. The Kier molecular flexibility index (Phi) is 3.40. The van der Waals surface area contributed by atoms with E-state index in [0.717, 1.165) is 18.6 Å². The van der Waals surface area contributed by atoms with E-state index in [-0.39, 0.29) is 5.97 Å². The highest BCUT2D eigenvalue weighted by Gasteiger charge is 2.33. The predicted molar refractivity (Wildman–Crippen MR) is 71.8 cm³/mol. The van der Waals surface area contributed by atoms with Crippen LogP contribution in [0.25, 0.3) is 10.9 Å². The highest BCUT2D eigenvalue weighted by molar-refractivity contribution is 5.92. The van der Waals surface area contributed by atoms with Gasteiger partial charge in [0.15, 0.2) is 11.6 Å². The third-order valence-corrected chi connectivity index (χ3v) is 3.65. The Balaban J connectivity index is 2.11. The molecule has 0 amide bonds. The molecule has 2 aromatic rings. The summed E-state index contributed by atoms with van der Waals surface area (Å²) in [5.74, 6) is -1.86. The van der Waals surface area contributed by atoms with Crippen molar-refractivity contribution >= 4 is 22.7 Å². The number of benzene rings is 1. The Hall–Kier alpha value is -2.31. The molecular weight excluding hydrogens is 280 g/mol. The molecular formula is C14H13F2N3O2. The summed E-state index contributed by atoms with van der Waals surface area (Å²) in [7, 11) is 1.33. The fourth-order valence-electron chi connectivity index (χ4n) is 2.67. The van der Waals surface area contributed by atoms with Crippen molar-refractivity contribution in [3.63, 3.8) is 0 Å². The van der Waals surface area contributed by atoms with Gasteiger partial charge < -0.3 is 9.64 Å². The fraction of sp³-hybridized carbons (Fsp3) is 0.357. The number of ether oxygens (including phenoxy) is 1. The van der Waals surface area contributed by atoms with E-state index >= 15 is 0 Å². The van der Waals surface area contributed by atoms with E-state index < -0.39 is 17.7 Å². The topological polar surface area (TPSA) is 55.3 Å². The monoisotopic (exact) mass is 293 g/mol. The van der Waals surface area contributed by atoms with Crippen molar-refractivity contribution in [3.05, 3.63) is 30.1 Å². The lowest BCUT2D eigenvalue weighted by molar-refractivity contribution is -0.141. The van der Waals surface area contributed by atoms with E-state index in [2.05, 4.69) is 9.97 Å². The Labute approximate surface area is 119 Å². The van der Waals surface area contributed by atoms with Gasteiger partial charge in [-0.2, -0.15) is 0 Å². The summed E-state index contributed by atoms with van der Waals surface area (Å²) in [6.07, 6.45) is 2.72. The Morgan fingerprint density at radius 1 is 1.33 bits per heavy atom. The maximum absolute atomic E-state index is 13.5. The highest BCUT2D eigenvalue weighted by atomic mass is 19.2. The van der Waals surface area contributed by atoms with E-state index in [1.165, 1.54) is 13.4 Å². The quantitative estimate of drug-likeness (QED) is 0.793. The zero-order valence-electron chi connectivity index (χ0n) is 11.3. The summed E-state index contributed by atoms with van der Waals surface area (Å²) < 4.78 is 31.6. The molecule has 21 heavy (non-hydrogen) atoms. The van der Waals surface area contributed by atoms with Crippen LogP contribution in [0, 0.1) is 11.6 Å². The minimum Gasteiger partial charge on any atom is -0.467 e. The SMILES string of the molecule is COC(=O)C1CCCN1c1ncnc2cc(F)c(F)cc12. The first-order chi connectivity index (χ1) is 10.1. The van der Waals surface area contributed by atoms with Crippen molar-refractivity contribution in [2.45, 2.75) is 18.9 Å². The predicted octanol–water partition coefficient (Wildman–Crippen LogP) is 2.05. The first kappa shape index (κ1) is 13.7. The zero-order valence-corrected chi connectivity index (χ0v) is 11.3. The molecule has 3 rings (SSSR count). The van der Waals surface area contributed by atoms with Crippen LogP contribution in [-0.4, -0.2) is 35.6 Å².